The summed E-state index contributed by atoms with van der Waals surface area (Å²) in [7, 11) is 0. The fourth-order valence-corrected chi connectivity index (χ4v) is 1.51. The van der Waals surface area contributed by atoms with Crippen molar-refractivity contribution in [3.63, 3.8) is 0 Å². The maximum Gasteiger partial charge on any atom is 0.122 e. The standard InChI is InChI=1S/C8H13N3/c1-7-6-11-4-2-3-9-5-8(11)10-7/h6,9H,2-5H2,1H3. The lowest BCUT2D eigenvalue weighted by molar-refractivity contribution is 0.644. The van der Waals surface area contributed by atoms with Crippen LogP contribution in [0.4, 0.5) is 0 Å². The Bertz CT molecular complexity index is 228. The van der Waals surface area contributed by atoms with Gasteiger partial charge < -0.3 is 9.88 Å². The molecule has 0 radical (unpaired) electrons. The van der Waals surface area contributed by atoms with Crippen LogP contribution in [0.1, 0.15) is 17.9 Å². The van der Waals surface area contributed by atoms with Crippen LogP contribution in [0.25, 0.3) is 0 Å². The summed E-state index contributed by atoms with van der Waals surface area (Å²) < 4.78 is 2.25. The summed E-state index contributed by atoms with van der Waals surface area (Å²) in [5.74, 6) is 1.18. The molecule has 0 saturated heterocycles. The van der Waals surface area contributed by atoms with Crippen molar-refractivity contribution in [2.75, 3.05) is 6.54 Å². The highest BCUT2D eigenvalue weighted by Crippen LogP contribution is 2.05. The van der Waals surface area contributed by atoms with Gasteiger partial charge in [0.25, 0.3) is 0 Å². The third-order valence-corrected chi connectivity index (χ3v) is 2.02. The highest BCUT2D eigenvalue weighted by atomic mass is 15.1. The molecule has 0 aromatic carbocycles. The average molecular weight is 151 g/mol. The lowest BCUT2D eigenvalue weighted by Gasteiger charge is -1.98. The van der Waals surface area contributed by atoms with Crippen molar-refractivity contribution in [2.24, 2.45) is 0 Å². The van der Waals surface area contributed by atoms with Gasteiger partial charge in [-0.15, -0.1) is 0 Å². The van der Waals surface area contributed by atoms with Gasteiger partial charge in [0.05, 0.1) is 12.2 Å². The van der Waals surface area contributed by atoms with E-state index in [0.717, 1.165) is 25.3 Å². The van der Waals surface area contributed by atoms with E-state index >= 15 is 0 Å². The number of aryl methyl sites for hydroxylation is 2. The van der Waals surface area contributed by atoms with Crippen LogP contribution in [0.5, 0.6) is 0 Å². The number of imidazole rings is 1. The Kier molecular flexibility index (Phi) is 1.66. The van der Waals surface area contributed by atoms with E-state index < -0.39 is 0 Å². The number of hydrogen-bond donors (Lipinski definition) is 1. The summed E-state index contributed by atoms with van der Waals surface area (Å²) in [5, 5.41) is 3.33. The molecular weight excluding hydrogens is 138 g/mol. The highest BCUT2D eigenvalue weighted by molar-refractivity contribution is 5.02. The Labute approximate surface area is 66.4 Å². The zero-order chi connectivity index (χ0) is 7.68. The zero-order valence-electron chi connectivity index (χ0n) is 6.80. The van der Waals surface area contributed by atoms with E-state index in [-0.39, 0.29) is 0 Å². The molecule has 2 rings (SSSR count). The Morgan fingerprint density at radius 1 is 1.64 bits per heavy atom. The Hall–Kier alpha value is -0.830. The van der Waals surface area contributed by atoms with Crippen LogP contribution in [0.3, 0.4) is 0 Å². The van der Waals surface area contributed by atoms with E-state index in [2.05, 4.69) is 21.1 Å². The molecule has 1 N–H and O–H groups in total. The van der Waals surface area contributed by atoms with E-state index in [9.17, 15) is 0 Å². The number of nitrogens with one attached hydrogen (secondary N) is 1. The van der Waals surface area contributed by atoms with Gasteiger partial charge in [0.1, 0.15) is 5.82 Å². The third-order valence-electron chi connectivity index (χ3n) is 2.02. The van der Waals surface area contributed by atoms with Gasteiger partial charge in [-0.1, -0.05) is 0 Å². The Morgan fingerprint density at radius 3 is 3.45 bits per heavy atom. The molecule has 2 heterocycles. The summed E-state index contributed by atoms with van der Waals surface area (Å²) in [6, 6.07) is 0. The average Bonchev–Trinajstić information content (AvgIpc) is 2.17. The molecule has 1 aromatic rings. The smallest absolute Gasteiger partial charge is 0.122 e. The first-order chi connectivity index (χ1) is 5.36. The first kappa shape index (κ1) is 6.85. The second-order valence-corrected chi connectivity index (χ2v) is 3.02. The van der Waals surface area contributed by atoms with Crippen LogP contribution in [-0.4, -0.2) is 16.1 Å². The highest BCUT2D eigenvalue weighted by Gasteiger charge is 2.07. The lowest BCUT2D eigenvalue weighted by Crippen LogP contribution is -2.12. The predicted octanol–water partition coefficient (Wildman–Crippen LogP) is 0.685. The molecule has 1 aromatic heterocycles. The van der Waals surface area contributed by atoms with Crippen LogP contribution in [0.2, 0.25) is 0 Å². The molecule has 0 amide bonds. The monoisotopic (exact) mass is 151 g/mol. The van der Waals surface area contributed by atoms with Gasteiger partial charge in [-0.2, -0.15) is 0 Å². The summed E-state index contributed by atoms with van der Waals surface area (Å²) in [6.07, 6.45) is 3.34. The molecular formula is C8H13N3. The van der Waals surface area contributed by atoms with Crippen LogP contribution < -0.4 is 5.32 Å². The maximum atomic E-state index is 4.41. The normalized spacial score (nSPS) is 17.5. The molecule has 0 aliphatic carbocycles. The molecule has 0 bridgehead atoms. The second-order valence-electron chi connectivity index (χ2n) is 3.02. The molecule has 0 saturated carbocycles. The molecule has 0 fully saturated rings. The van der Waals surface area contributed by atoms with Crippen molar-refractivity contribution in [3.8, 4) is 0 Å². The van der Waals surface area contributed by atoms with E-state index in [1.54, 1.807) is 0 Å². The van der Waals surface area contributed by atoms with Crippen LogP contribution >= 0.6 is 0 Å². The van der Waals surface area contributed by atoms with E-state index in [1.807, 2.05) is 6.92 Å². The maximum absolute atomic E-state index is 4.41. The summed E-state index contributed by atoms with van der Waals surface area (Å²) in [4.78, 5) is 4.41. The van der Waals surface area contributed by atoms with Crippen LogP contribution in [0, 0.1) is 6.92 Å². The van der Waals surface area contributed by atoms with Crippen molar-refractivity contribution >= 4 is 0 Å². The zero-order valence-corrected chi connectivity index (χ0v) is 6.80. The fourth-order valence-electron chi connectivity index (χ4n) is 1.51. The largest absolute Gasteiger partial charge is 0.334 e. The molecule has 3 heteroatoms. The van der Waals surface area contributed by atoms with Gasteiger partial charge in [-0.3, -0.25) is 0 Å². The van der Waals surface area contributed by atoms with Gasteiger partial charge in [0.2, 0.25) is 0 Å². The fraction of sp³-hybridized carbons (Fsp3) is 0.625. The second kappa shape index (κ2) is 2.66. The molecule has 11 heavy (non-hydrogen) atoms. The molecule has 0 atom stereocenters. The van der Waals surface area contributed by atoms with E-state index in [4.69, 9.17) is 0 Å². The number of nitrogens with zero attached hydrogens (tertiary/aromatic N) is 2. The van der Waals surface area contributed by atoms with E-state index in [0.29, 0.717) is 0 Å². The minimum absolute atomic E-state index is 0.924. The van der Waals surface area contributed by atoms with E-state index in [1.165, 1.54) is 12.2 Å². The topological polar surface area (TPSA) is 29.9 Å². The van der Waals surface area contributed by atoms with Crippen LogP contribution in [-0.2, 0) is 13.1 Å². The third kappa shape index (κ3) is 1.28. The minimum Gasteiger partial charge on any atom is -0.334 e. The molecule has 1 aliphatic rings. The van der Waals surface area contributed by atoms with Gasteiger partial charge in [-0.25, -0.2) is 4.98 Å². The quantitative estimate of drug-likeness (QED) is 0.591. The number of hydrogen-bond acceptors (Lipinski definition) is 2. The first-order valence-corrected chi connectivity index (χ1v) is 4.09. The summed E-state index contributed by atoms with van der Waals surface area (Å²) >= 11 is 0. The number of aromatic nitrogens is 2. The summed E-state index contributed by atoms with van der Waals surface area (Å²) in [6.45, 7) is 5.20. The van der Waals surface area contributed by atoms with Crippen molar-refractivity contribution in [1.82, 2.24) is 14.9 Å². The number of rotatable bonds is 0. The van der Waals surface area contributed by atoms with Gasteiger partial charge >= 0.3 is 0 Å². The SMILES string of the molecule is Cc1cn2c(n1)CNCCC2. The minimum atomic E-state index is 0.924. The van der Waals surface area contributed by atoms with Crippen LogP contribution in [0.15, 0.2) is 6.20 Å². The predicted molar refractivity (Wildman–Crippen MR) is 43.3 cm³/mol. The molecule has 1 aliphatic heterocycles. The lowest BCUT2D eigenvalue weighted by atomic mass is 10.4. The van der Waals surface area contributed by atoms with Crippen molar-refractivity contribution < 1.29 is 0 Å². The van der Waals surface area contributed by atoms with Crippen molar-refractivity contribution in [2.45, 2.75) is 26.4 Å². The van der Waals surface area contributed by atoms with Gasteiger partial charge in [-0.05, 0) is 19.9 Å². The van der Waals surface area contributed by atoms with Crippen molar-refractivity contribution in [3.05, 3.63) is 17.7 Å². The number of fused-ring (bicyclic) bond motifs is 1. The first-order valence-electron chi connectivity index (χ1n) is 4.09. The molecule has 60 valence electrons. The molecule has 0 spiro atoms. The Morgan fingerprint density at radius 2 is 2.55 bits per heavy atom. The van der Waals surface area contributed by atoms with Crippen molar-refractivity contribution in [1.29, 1.82) is 0 Å². The van der Waals surface area contributed by atoms with Gasteiger partial charge in [0.15, 0.2) is 0 Å². The Balaban J connectivity index is 2.32. The molecule has 3 nitrogen and oxygen atoms in total. The molecule has 0 unspecified atom stereocenters. The summed E-state index contributed by atoms with van der Waals surface area (Å²) in [5.41, 5.74) is 1.13. The van der Waals surface area contributed by atoms with Gasteiger partial charge in [0, 0.05) is 12.7 Å².